The van der Waals surface area contributed by atoms with E-state index in [1.54, 1.807) is 6.07 Å². The second-order valence-corrected chi connectivity index (χ2v) is 4.79. The molecule has 0 saturated carbocycles. The topological polar surface area (TPSA) is 34.2 Å². The lowest BCUT2D eigenvalue weighted by molar-refractivity contribution is 0.299. The van der Waals surface area contributed by atoms with Crippen LogP contribution in [0.4, 0.5) is 4.39 Å². The minimum Gasteiger partial charge on any atom is -0.487 e. The van der Waals surface area contributed by atoms with Gasteiger partial charge >= 0.3 is 0 Å². The molecule has 0 fully saturated rings. The second-order valence-electron chi connectivity index (χ2n) is 4.79. The van der Waals surface area contributed by atoms with E-state index in [2.05, 4.69) is 10.3 Å². The third kappa shape index (κ3) is 3.54. The lowest BCUT2D eigenvalue weighted by Gasteiger charge is -2.12. The Kier molecular flexibility index (Phi) is 4.69. The van der Waals surface area contributed by atoms with Gasteiger partial charge < -0.3 is 10.1 Å². The van der Waals surface area contributed by atoms with Crippen LogP contribution in [0.5, 0.6) is 5.75 Å². The quantitative estimate of drug-likeness (QED) is 0.909. The van der Waals surface area contributed by atoms with Crippen molar-refractivity contribution in [1.29, 1.82) is 0 Å². The van der Waals surface area contributed by atoms with Gasteiger partial charge in [-0.3, -0.25) is 4.98 Å². The second kappa shape index (κ2) is 6.48. The fourth-order valence-corrected chi connectivity index (χ4v) is 2.00. The summed E-state index contributed by atoms with van der Waals surface area (Å²) in [5.41, 5.74) is 3.70. The van der Waals surface area contributed by atoms with E-state index in [1.807, 2.05) is 33.0 Å². The molecule has 1 aromatic carbocycles. The van der Waals surface area contributed by atoms with E-state index in [0.717, 1.165) is 28.3 Å². The summed E-state index contributed by atoms with van der Waals surface area (Å²) in [6.07, 6.45) is 0. The fraction of sp³-hybridized carbons (Fsp3) is 0.312. The number of ether oxygens (including phenoxy) is 1. The predicted octanol–water partition coefficient (Wildman–Crippen LogP) is 3.14. The molecule has 106 valence electrons. The Morgan fingerprint density at radius 3 is 2.70 bits per heavy atom. The Bertz CT molecular complexity index is 599. The van der Waals surface area contributed by atoms with Crippen LogP contribution in [0, 0.1) is 19.7 Å². The number of rotatable bonds is 5. The first-order chi connectivity index (χ1) is 9.60. The number of hydrogen-bond donors (Lipinski definition) is 1. The highest BCUT2D eigenvalue weighted by Gasteiger charge is 2.07. The molecule has 0 spiro atoms. The minimum absolute atomic E-state index is 0.223. The van der Waals surface area contributed by atoms with Crippen molar-refractivity contribution in [3.8, 4) is 5.75 Å². The first-order valence-corrected chi connectivity index (χ1v) is 6.59. The number of hydrogen-bond acceptors (Lipinski definition) is 3. The van der Waals surface area contributed by atoms with Crippen LogP contribution in [0.15, 0.2) is 30.3 Å². The summed E-state index contributed by atoms with van der Waals surface area (Å²) < 4.78 is 18.9. The van der Waals surface area contributed by atoms with Gasteiger partial charge in [-0.05, 0) is 56.3 Å². The molecule has 2 rings (SSSR count). The average Bonchev–Trinajstić information content (AvgIpc) is 2.40. The molecule has 1 N–H and O–H groups in total. The lowest BCUT2D eigenvalue weighted by atomic mass is 10.1. The molecule has 0 unspecified atom stereocenters. The van der Waals surface area contributed by atoms with Crippen molar-refractivity contribution in [2.45, 2.75) is 27.0 Å². The summed E-state index contributed by atoms with van der Waals surface area (Å²) in [5, 5.41) is 3.08. The zero-order valence-corrected chi connectivity index (χ0v) is 12.0. The van der Waals surface area contributed by atoms with E-state index in [4.69, 9.17) is 4.74 Å². The van der Waals surface area contributed by atoms with Gasteiger partial charge in [-0.2, -0.15) is 0 Å². The van der Waals surface area contributed by atoms with Gasteiger partial charge in [0.15, 0.2) is 0 Å². The summed E-state index contributed by atoms with van der Waals surface area (Å²) in [4.78, 5) is 4.46. The van der Waals surface area contributed by atoms with Gasteiger partial charge in [-0.1, -0.05) is 6.07 Å². The number of halogens is 1. The van der Waals surface area contributed by atoms with Crippen molar-refractivity contribution in [2.75, 3.05) is 7.05 Å². The zero-order valence-electron chi connectivity index (χ0n) is 12.0. The van der Waals surface area contributed by atoms with Crippen molar-refractivity contribution in [3.63, 3.8) is 0 Å². The van der Waals surface area contributed by atoms with Crippen molar-refractivity contribution < 1.29 is 9.13 Å². The van der Waals surface area contributed by atoms with Gasteiger partial charge in [0.2, 0.25) is 0 Å². The van der Waals surface area contributed by atoms with Crippen LogP contribution in [0.25, 0.3) is 0 Å². The van der Waals surface area contributed by atoms with Gasteiger partial charge in [0.25, 0.3) is 0 Å². The Labute approximate surface area is 118 Å². The molecule has 2 aromatic rings. The molecule has 0 aliphatic heterocycles. The first kappa shape index (κ1) is 14.5. The Morgan fingerprint density at radius 2 is 2.00 bits per heavy atom. The van der Waals surface area contributed by atoms with Crippen LogP contribution in [0.1, 0.15) is 22.5 Å². The average molecular weight is 274 g/mol. The Morgan fingerprint density at radius 1 is 1.20 bits per heavy atom. The van der Waals surface area contributed by atoms with Crippen molar-refractivity contribution in [3.05, 3.63) is 58.7 Å². The van der Waals surface area contributed by atoms with Crippen LogP contribution in [-0.2, 0) is 13.2 Å². The normalized spacial score (nSPS) is 10.6. The van der Waals surface area contributed by atoms with Crippen molar-refractivity contribution >= 4 is 0 Å². The molecule has 0 aliphatic rings. The maximum atomic E-state index is 13.1. The third-order valence-electron chi connectivity index (χ3n) is 3.10. The van der Waals surface area contributed by atoms with Crippen LogP contribution in [0.3, 0.4) is 0 Å². The van der Waals surface area contributed by atoms with Crippen LogP contribution in [0.2, 0.25) is 0 Å². The van der Waals surface area contributed by atoms with Crippen LogP contribution >= 0.6 is 0 Å². The van der Waals surface area contributed by atoms with Gasteiger partial charge in [0.05, 0.1) is 5.69 Å². The molecule has 0 aliphatic carbocycles. The van der Waals surface area contributed by atoms with Crippen LogP contribution < -0.4 is 10.1 Å². The van der Waals surface area contributed by atoms with E-state index in [0.29, 0.717) is 13.2 Å². The van der Waals surface area contributed by atoms with Gasteiger partial charge in [0.1, 0.15) is 18.2 Å². The van der Waals surface area contributed by atoms with Gasteiger partial charge in [-0.25, -0.2) is 4.39 Å². The standard InChI is InChI=1S/C16H19FN2O/c1-11-8-14(17)6-5-13(11)10-20-16-7-4-12(2)19-15(16)9-18-3/h4-8,18H,9-10H2,1-3H3. The van der Waals surface area contributed by atoms with Gasteiger partial charge in [0, 0.05) is 12.2 Å². The molecule has 0 amide bonds. The van der Waals surface area contributed by atoms with E-state index in [-0.39, 0.29) is 5.82 Å². The highest BCUT2D eigenvalue weighted by molar-refractivity contribution is 5.31. The zero-order chi connectivity index (χ0) is 14.5. The highest BCUT2D eigenvalue weighted by atomic mass is 19.1. The van der Waals surface area contributed by atoms with E-state index < -0.39 is 0 Å². The number of pyridine rings is 1. The van der Waals surface area contributed by atoms with Crippen molar-refractivity contribution in [1.82, 2.24) is 10.3 Å². The lowest BCUT2D eigenvalue weighted by Crippen LogP contribution is -2.10. The molecule has 0 bridgehead atoms. The molecule has 1 heterocycles. The van der Waals surface area contributed by atoms with Crippen molar-refractivity contribution in [2.24, 2.45) is 0 Å². The predicted molar refractivity (Wildman–Crippen MR) is 77.2 cm³/mol. The monoisotopic (exact) mass is 274 g/mol. The summed E-state index contributed by atoms with van der Waals surface area (Å²) in [7, 11) is 1.87. The van der Waals surface area contributed by atoms with Gasteiger partial charge in [-0.15, -0.1) is 0 Å². The summed E-state index contributed by atoms with van der Waals surface area (Å²) in [5.74, 6) is 0.535. The maximum absolute atomic E-state index is 13.1. The number of nitrogens with one attached hydrogen (secondary N) is 1. The molecule has 3 nitrogen and oxygen atoms in total. The molecular formula is C16H19FN2O. The Hall–Kier alpha value is -1.94. The molecule has 0 saturated heterocycles. The van der Waals surface area contributed by atoms with E-state index in [9.17, 15) is 4.39 Å². The van der Waals surface area contributed by atoms with Crippen LogP contribution in [-0.4, -0.2) is 12.0 Å². The number of aromatic nitrogens is 1. The molecule has 0 atom stereocenters. The summed E-state index contributed by atoms with van der Waals surface area (Å²) >= 11 is 0. The molecule has 1 aromatic heterocycles. The first-order valence-electron chi connectivity index (χ1n) is 6.59. The maximum Gasteiger partial charge on any atom is 0.142 e. The smallest absolute Gasteiger partial charge is 0.142 e. The fourth-order valence-electron chi connectivity index (χ4n) is 2.00. The van der Waals surface area contributed by atoms with E-state index in [1.165, 1.54) is 12.1 Å². The minimum atomic E-state index is -0.223. The summed E-state index contributed by atoms with van der Waals surface area (Å²) in [6, 6.07) is 8.57. The van der Waals surface area contributed by atoms with E-state index >= 15 is 0 Å². The molecule has 4 heteroatoms. The Balaban J connectivity index is 2.14. The highest BCUT2D eigenvalue weighted by Crippen LogP contribution is 2.19. The SMILES string of the molecule is CNCc1nc(C)ccc1OCc1ccc(F)cc1C. The largest absolute Gasteiger partial charge is 0.487 e. The molecular weight excluding hydrogens is 255 g/mol. The number of aryl methyl sites for hydroxylation is 2. The number of nitrogens with zero attached hydrogens (tertiary/aromatic N) is 1. The third-order valence-corrected chi connectivity index (χ3v) is 3.10. The number of benzene rings is 1. The molecule has 0 radical (unpaired) electrons. The summed E-state index contributed by atoms with van der Waals surface area (Å²) in [6.45, 7) is 4.89. The molecule has 20 heavy (non-hydrogen) atoms.